The lowest BCUT2D eigenvalue weighted by atomic mass is 10.2. The van der Waals surface area contributed by atoms with Crippen LogP contribution in [0.2, 0.25) is 5.54 Å². The van der Waals surface area contributed by atoms with Crippen LogP contribution in [-0.2, 0) is 18.1 Å². The van der Waals surface area contributed by atoms with Crippen molar-refractivity contribution in [2.45, 2.75) is 65.8 Å². The number of nitrogens with one attached hydrogen (secondary N) is 1. The average molecular weight is 513 g/mol. The van der Waals surface area contributed by atoms with Crippen LogP contribution in [0.25, 0.3) is 0 Å². The average Bonchev–Trinajstić information content (AvgIpc) is 2.90. The highest BCUT2D eigenvalue weighted by molar-refractivity contribution is 6.62. The van der Waals surface area contributed by atoms with E-state index < -0.39 is 8.80 Å². The molecule has 0 fully saturated rings. The molecule has 0 saturated heterocycles. The second-order valence-electron chi connectivity index (χ2n) is 9.11. The number of amides is 1. The van der Waals surface area contributed by atoms with Crippen molar-refractivity contribution in [3.05, 3.63) is 66.7 Å². The van der Waals surface area contributed by atoms with E-state index in [0.29, 0.717) is 25.4 Å². The fourth-order valence-corrected chi connectivity index (χ4v) is 6.81. The van der Waals surface area contributed by atoms with E-state index in [1.165, 1.54) is 0 Å². The van der Waals surface area contributed by atoms with Crippen molar-refractivity contribution in [3.63, 3.8) is 0 Å². The zero-order valence-electron chi connectivity index (χ0n) is 22.7. The molecule has 2 aromatic carbocycles. The van der Waals surface area contributed by atoms with Gasteiger partial charge in [-0.2, -0.15) is 0 Å². The number of carbonyl (C=O) groups excluding carboxylic acids is 1. The van der Waals surface area contributed by atoms with E-state index in [9.17, 15) is 4.79 Å². The van der Waals surface area contributed by atoms with Crippen molar-refractivity contribution in [2.24, 2.45) is 0 Å². The van der Waals surface area contributed by atoms with Crippen LogP contribution >= 0.6 is 0 Å². The lowest BCUT2D eigenvalue weighted by molar-refractivity contribution is -0.112. The van der Waals surface area contributed by atoms with Gasteiger partial charge in [-0.05, 0) is 69.0 Å². The van der Waals surface area contributed by atoms with Crippen molar-refractivity contribution < 1.29 is 18.1 Å². The summed E-state index contributed by atoms with van der Waals surface area (Å²) in [5.74, 6) is -0.177. The Balaban J connectivity index is 2.26. The summed E-state index contributed by atoms with van der Waals surface area (Å²) in [7, 11) is -2.85. The van der Waals surface area contributed by atoms with Gasteiger partial charge in [-0.25, -0.2) is 0 Å². The minimum absolute atomic E-state index is 0.141. The summed E-state index contributed by atoms with van der Waals surface area (Å²) in [5.41, 5.74) is 3.52. The highest BCUT2D eigenvalue weighted by Crippen LogP contribution is 2.33. The number of nitrogens with zero attached hydrogens (tertiary/aromatic N) is 1. The number of anilines is 3. The minimum Gasteiger partial charge on any atom is -0.373 e. The Labute approximate surface area is 219 Å². The Morgan fingerprint density at radius 1 is 0.889 bits per heavy atom. The van der Waals surface area contributed by atoms with Crippen LogP contribution < -0.4 is 10.2 Å². The standard InChI is InChI=1S/C29H44N2O4Si/c1-7-21-33-36(34-22-8-2,35-23-9-3)25(6)19-20-31(27-13-11-10-12-14-27)28-17-15-26(16-18-28)30-29(32)24(4)5/h10-18,25H,4,7-9,19-23H2,1-3,5-6H3,(H,30,32). The lowest BCUT2D eigenvalue weighted by Gasteiger charge is -2.35. The molecule has 1 amide bonds. The molecule has 2 aromatic rings. The Hall–Kier alpha value is -2.45. The van der Waals surface area contributed by atoms with Crippen molar-refractivity contribution in [3.8, 4) is 0 Å². The second kappa shape index (κ2) is 15.6. The molecule has 7 heteroatoms. The van der Waals surface area contributed by atoms with Crippen molar-refractivity contribution in [1.29, 1.82) is 0 Å². The van der Waals surface area contributed by atoms with Gasteiger partial charge in [0, 0.05) is 54.5 Å². The number of benzene rings is 2. The third-order valence-corrected chi connectivity index (χ3v) is 9.12. The Kier molecular flexibility index (Phi) is 12.9. The lowest BCUT2D eigenvalue weighted by Crippen LogP contribution is -2.50. The van der Waals surface area contributed by atoms with Crippen molar-refractivity contribution in [1.82, 2.24) is 0 Å². The van der Waals surface area contributed by atoms with E-state index in [1.807, 2.05) is 42.5 Å². The molecule has 0 aliphatic carbocycles. The molecule has 0 aliphatic rings. The van der Waals surface area contributed by atoms with Crippen LogP contribution in [-0.4, -0.2) is 41.1 Å². The van der Waals surface area contributed by atoms with Gasteiger partial charge < -0.3 is 23.5 Å². The van der Waals surface area contributed by atoms with Gasteiger partial charge in [0.25, 0.3) is 5.91 Å². The smallest absolute Gasteiger partial charge is 0.373 e. The zero-order chi connectivity index (χ0) is 26.4. The maximum atomic E-state index is 12.0. The van der Waals surface area contributed by atoms with Crippen LogP contribution in [0.1, 0.15) is 60.3 Å². The molecule has 36 heavy (non-hydrogen) atoms. The summed E-state index contributed by atoms with van der Waals surface area (Å²) in [4.78, 5) is 14.3. The van der Waals surface area contributed by atoms with Crippen LogP contribution in [0.5, 0.6) is 0 Å². The summed E-state index contributed by atoms with van der Waals surface area (Å²) >= 11 is 0. The minimum atomic E-state index is -2.85. The van der Waals surface area contributed by atoms with Crippen molar-refractivity contribution >= 4 is 31.8 Å². The predicted molar refractivity (Wildman–Crippen MR) is 152 cm³/mol. The molecule has 1 unspecified atom stereocenters. The Bertz CT molecular complexity index is 899. The third-order valence-electron chi connectivity index (χ3n) is 5.80. The first-order valence-corrected chi connectivity index (χ1v) is 15.0. The van der Waals surface area contributed by atoms with E-state index in [-0.39, 0.29) is 11.4 Å². The Morgan fingerprint density at radius 3 is 1.86 bits per heavy atom. The fourth-order valence-electron chi connectivity index (χ4n) is 3.76. The molecular formula is C29H44N2O4Si. The van der Waals surface area contributed by atoms with Crippen LogP contribution in [0.15, 0.2) is 66.7 Å². The first kappa shape index (κ1) is 29.8. The maximum Gasteiger partial charge on any atom is 0.504 e. The molecule has 0 heterocycles. The SMILES string of the molecule is C=C(C)C(=O)Nc1ccc(N(CCC(C)[Si](OCCC)(OCCC)OCCC)c2ccccc2)cc1. The normalized spacial score (nSPS) is 12.2. The quantitative estimate of drug-likeness (QED) is 0.177. The zero-order valence-corrected chi connectivity index (χ0v) is 23.7. The number of hydrogen-bond acceptors (Lipinski definition) is 5. The molecule has 0 bridgehead atoms. The van der Waals surface area contributed by atoms with Crippen LogP contribution in [0, 0.1) is 0 Å². The summed E-state index contributed by atoms with van der Waals surface area (Å²) in [5, 5.41) is 2.88. The maximum absolute atomic E-state index is 12.0. The summed E-state index contributed by atoms with van der Waals surface area (Å²) in [6, 6.07) is 18.3. The van der Waals surface area contributed by atoms with Gasteiger partial charge in [-0.3, -0.25) is 4.79 Å². The molecule has 0 spiro atoms. The number of carbonyl (C=O) groups is 1. The molecule has 2 rings (SSSR count). The van der Waals surface area contributed by atoms with Crippen molar-refractivity contribution in [2.75, 3.05) is 36.6 Å². The second-order valence-corrected chi connectivity index (χ2v) is 12.2. The highest BCUT2D eigenvalue weighted by Gasteiger charge is 2.47. The van der Waals surface area contributed by atoms with E-state index in [0.717, 1.165) is 49.3 Å². The van der Waals surface area contributed by atoms with E-state index >= 15 is 0 Å². The first-order chi connectivity index (χ1) is 17.4. The topological polar surface area (TPSA) is 60.0 Å². The monoisotopic (exact) mass is 512 g/mol. The van der Waals surface area contributed by atoms with Gasteiger partial charge in [0.1, 0.15) is 0 Å². The largest absolute Gasteiger partial charge is 0.504 e. The molecule has 6 nitrogen and oxygen atoms in total. The van der Waals surface area contributed by atoms with E-state index in [2.05, 4.69) is 56.6 Å². The van der Waals surface area contributed by atoms with Gasteiger partial charge in [-0.15, -0.1) is 0 Å². The summed E-state index contributed by atoms with van der Waals surface area (Å²) in [6.45, 7) is 16.7. The van der Waals surface area contributed by atoms with Gasteiger partial charge >= 0.3 is 8.80 Å². The summed E-state index contributed by atoms with van der Waals surface area (Å²) < 4.78 is 19.2. The molecule has 198 valence electrons. The fraction of sp³-hybridized carbons (Fsp3) is 0.483. The highest BCUT2D eigenvalue weighted by atomic mass is 28.4. The Morgan fingerprint density at radius 2 is 1.39 bits per heavy atom. The van der Waals surface area contributed by atoms with Gasteiger partial charge in [0.15, 0.2) is 0 Å². The molecule has 1 atom stereocenters. The predicted octanol–water partition coefficient (Wildman–Crippen LogP) is 7.34. The molecule has 0 saturated carbocycles. The molecule has 1 N–H and O–H groups in total. The van der Waals surface area contributed by atoms with E-state index in [1.54, 1.807) is 6.92 Å². The van der Waals surface area contributed by atoms with Gasteiger partial charge in [0.05, 0.1) is 0 Å². The van der Waals surface area contributed by atoms with Gasteiger partial charge in [0.2, 0.25) is 0 Å². The molecule has 0 radical (unpaired) electrons. The number of hydrogen-bond donors (Lipinski definition) is 1. The van der Waals surface area contributed by atoms with Crippen LogP contribution in [0.4, 0.5) is 17.1 Å². The van der Waals surface area contributed by atoms with Crippen LogP contribution in [0.3, 0.4) is 0 Å². The third kappa shape index (κ3) is 8.89. The van der Waals surface area contributed by atoms with E-state index in [4.69, 9.17) is 13.3 Å². The molecule has 0 aliphatic heterocycles. The number of rotatable bonds is 17. The molecular weight excluding hydrogens is 468 g/mol. The number of para-hydroxylation sites is 1. The van der Waals surface area contributed by atoms with Gasteiger partial charge in [-0.1, -0.05) is 52.5 Å². The summed E-state index contributed by atoms with van der Waals surface area (Å²) in [6.07, 6.45) is 3.64. The molecule has 0 aromatic heterocycles. The first-order valence-electron chi connectivity index (χ1n) is 13.2.